The van der Waals surface area contributed by atoms with Crippen LogP contribution in [0.4, 0.5) is 5.69 Å². The Hall–Kier alpha value is -1.10. The standard InChI is InChI=1S/C19H30N2O2/c1-15(2)19-17(7-10-23-19)14-20-13-16-5-3-4-6-18(16)21-8-11-22-12-9-21/h3-6,15,17,19-20H,7-14H2,1-2H3/t17-,19-/m1/s1. The van der Waals surface area contributed by atoms with Crippen LogP contribution in [-0.4, -0.2) is 45.6 Å². The van der Waals surface area contributed by atoms with Crippen molar-refractivity contribution in [2.75, 3.05) is 44.4 Å². The molecule has 0 bridgehead atoms. The number of benzene rings is 1. The first-order valence-electron chi connectivity index (χ1n) is 8.98. The third-order valence-corrected chi connectivity index (χ3v) is 4.99. The number of hydrogen-bond acceptors (Lipinski definition) is 4. The topological polar surface area (TPSA) is 33.7 Å². The fourth-order valence-electron chi connectivity index (χ4n) is 3.78. The summed E-state index contributed by atoms with van der Waals surface area (Å²) in [5.41, 5.74) is 2.74. The number of para-hydroxylation sites is 1. The van der Waals surface area contributed by atoms with Crippen molar-refractivity contribution in [2.24, 2.45) is 11.8 Å². The molecule has 2 aliphatic rings. The summed E-state index contributed by atoms with van der Waals surface area (Å²) in [6, 6.07) is 8.74. The number of rotatable bonds is 6. The fourth-order valence-corrected chi connectivity index (χ4v) is 3.78. The Morgan fingerprint density at radius 1 is 1.17 bits per heavy atom. The molecule has 2 saturated heterocycles. The molecule has 0 spiro atoms. The lowest BCUT2D eigenvalue weighted by atomic mass is 9.93. The molecule has 0 unspecified atom stereocenters. The van der Waals surface area contributed by atoms with E-state index < -0.39 is 0 Å². The van der Waals surface area contributed by atoms with Gasteiger partial charge in [-0.3, -0.25) is 0 Å². The Morgan fingerprint density at radius 2 is 1.96 bits per heavy atom. The highest BCUT2D eigenvalue weighted by Crippen LogP contribution is 2.26. The maximum Gasteiger partial charge on any atom is 0.0642 e. The molecule has 0 amide bonds. The molecule has 1 aromatic carbocycles. The van der Waals surface area contributed by atoms with Gasteiger partial charge in [0.1, 0.15) is 0 Å². The average molecular weight is 318 g/mol. The lowest BCUT2D eigenvalue weighted by molar-refractivity contribution is 0.0539. The molecule has 2 heterocycles. The van der Waals surface area contributed by atoms with Gasteiger partial charge in [-0.05, 0) is 29.9 Å². The minimum Gasteiger partial charge on any atom is -0.378 e. The van der Waals surface area contributed by atoms with Crippen molar-refractivity contribution in [2.45, 2.75) is 32.9 Å². The molecular weight excluding hydrogens is 288 g/mol. The maximum atomic E-state index is 5.89. The molecule has 0 radical (unpaired) electrons. The normalized spacial score (nSPS) is 25.3. The quantitative estimate of drug-likeness (QED) is 0.874. The molecule has 2 atom stereocenters. The van der Waals surface area contributed by atoms with E-state index in [9.17, 15) is 0 Å². The highest BCUT2D eigenvalue weighted by Gasteiger charge is 2.30. The summed E-state index contributed by atoms with van der Waals surface area (Å²) < 4.78 is 11.4. The summed E-state index contributed by atoms with van der Waals surface area (Å²) in [5, 5.41) is 3.67. The van der Waals surface area contributed by atoms with Crippen molar-refractivity contribution in [3.05, 3.63) is 29.8 Å². The van der Waals surface area contributed by atoms with Gasteiger partial charge in [0.25, 0.3) is 0 Å². The van der Waals surface area contributed by atoms with Crippen molar-refractivity contribution >= 4 is 5.69 Å². The second kappa shape index (κ2) is 8.13. The van der Waals surface area contributed by atoms with Crippen LogP contribution in [0.2, 0.25) is 0 Å². The van der Waals surface area contributed by atoms with Crippen molar-refractivity contribution < 1.29 is 9.47 Å². The van der Waals surface area contributed by atoms with E-state index in [-0.39, 0.29) is 0 Å². The Bertz CT molecular complexity index is 486. The van der Waals surface area contributed by atoms with Crippen LogP contribution in [0.1, 0.15) is 25.8 Å². The molecular formula is C19H30N2O2. The van der Waals surface area contributed by atoms with E-state index in [1.54, 1.807) is 0 Å². The zero-order chi connectivity index (χ0) is 16.1. The monoisotopic (exact) mass is 318 g/mol. The lowest BCUT2D eigenvalue weighted by Gasteiger charge is -2.31. The molecule has 4 nitrogen and oxygen atoms in total. The second-order valence-electron chi connectivity index (χ2n) is 6.99. The van der Waals surface area contributed by atoms with Crippen LogP contribution in [0.25, 0.3) is 0 Å². The van der Waals surface area contributed by atoms with Gasteiger partial charge in [0, 0.05) is 38.5 Å². The molecule has 0 aromatic heterocycles. The largest absolute Gasteiger partial charge is 0.378 e. The Labute approximate surface area is 140 Å². The van der Waals surface area contributed by atoms with E-state index in [2.05, 4.69) is 48.3 Å². The van der Waals surface area contributed by atoms with Crippen LogP contribution < -0.4 is 10.2 Å². The molecule has 1 aromatic rings. The minimum atomic E-state index is 0.414. The highest BCUT2D eigenvalue weighted by molar-refractivity contribution is 5.53. The first-order valence-corrected chi connectivity index (χ1v) is 8.98. The number of anilines is 1. The summed E-state index contributed by atoms with van der Waals surface area (Å²) >= 11 is 0. The van der Waals surface area contributed by atoms with E-state index in [0.29, 0.717) is 17.9 Å². The summed E-state index contributed by atoms with van der Waals surface area (Å²) in [5.74, 6) is 1.25. The lowest BCUT2D eigenvalue weighted by Crippen LogP contribution is -2.37. The number of nitrogens with one attached hydrogen (secondary N) is 1. The third kappa shape index (κ3) is 4.25. The first-order chi connectivity index (χ1) is 11.3. The van der Waals surface area contributed by atoms with Gasteiger partial charge in [-0.15, -0.1) is 0 Å². The summed E-state index contributed by atoms with van der Waals surface area (Å²) in [7, 11) is 0. The van der Waals surface area contributed by atoms with Gasteiger partial charge in [-0.1, -0.05) is 32.0 Å². The Morgan fingerprint density at radius 3 is 2.74 bits per heavy atom. The number of nitrogens with zero attached hydrogens (tertiary/aromatic N) is 1. The van der Waals surface area contributed by atoms with E-state index in [0.717, 1.165) is 46.0 Å². The Balaban J connectivity index is 1.56. The molecule has 0 aliphatic carbocycles. The maximum absolute atomic E-state index is 5.89. The molecule has 3 rings (SSSR count). The third-order valence-electron chi connectivity index (χ3n) is 4.99. The number of ether oxygens (including phenoxy) is 2. The van der Waals surface area contributed by atoms with Gasteiger partial charge in [0.15, 0.2) is 0 Å². The zero-order valence-corrected chi connectivity index (χ0v) is 14.5. The number of morpholine rings is 1. The van der Waals surface area contributed by atoms with Crippen LogP contribution in [-0.2, 0) is 16.0 Å². The van der Waals surface area contributed by atoms with Gasteiger partial charge in [0.2, 0.25) is 0 Å². The van der Waals surface area contributed by atoms with Gasteiger partial charge in [0.05, 0.1) is 19.3 Å². The van der Waals surface area contributed by atoms with E-state index in [1.807, 2.05) is 0 Å². The van der Waals surface area contributed by atoms with Crippen LogP contribution in [0.3, 0.4) is 0 Å². The predicted molar refractivity (Wildman–Crippen MR) is 93.9 cm³/mol. The van der Waals surface area contributed by atoms with Gasteiger partial charge >= 0.3 is 0 Å². The smallest absolute Gasteiger partial charge is 0.0642 e. The van der Waals surface area contributed by atoms with Crippen molar-refractivity contribution in [3.8, 4) is 0 Å². The van der Waals surface area contributed by atoms with E-state index >= 15 is 0 Å². The SMILES string of the molecule is CC(C)[C@H]1OCC[C@@H]1CNCc1ccccc1N1CCOCC1. The molecule has 2 fully saturated rings. The van der Waals surface area contributed by atoms with Crippen LogP contribution in [0, 0.1) is 11.8 Å². The minimum absolute atomic E-state index is 0.414. The molecule has 0 saturated carbocycles. The summed E-state index contributed by atoms with van der Waals surface area (Å²) in [6.07, 6.45) is 1.60. The second-order valence-corrected chi connectivity index (χ2v) is 6.99. The predicted octanol–water partition coefficient (Wildman–Crippen LogP) is 2.67. The summed E-state index contributed by atoms with van der Waals surface area (Å²) in [6.45, 7) is 11.0. The van der Waals surface area contributed by atoms with Crippen LogP contribution in [0.15, 0.2) is 24.3 Å². The first kappa shape index (κ1) is 16.7. The summed E-state index contributed by atoms with van der Waals surface area (Å²) in [4.78, 5) is 2.44. The molecule has 1 N–H and O–H groups in total. The number of hydrogen-bond donors (Lipinski definition) is 1. The van der Waals surface area contributed by atoms with Gasteiger partial charge in [-0.2, -0.15) is 0 Å². The van der Waals surface area contributed by atoms with Crippen molar-refractivity contribution in [1.29, 1.82) is 0 Å². The zero-order valence-electron chi connectivity index (χ0n) is 14.5. The molecule has 128 valence electrons. The molecule has 23 heavy (non-hydrogen) atoms. The Kier molecular flexibility index (Phi) is 5.92. The van der Waals surface area contributed by atoms with Crippen molar-refractivity contribution in [1.82, 2.24) is 5.32 Å². The fraction of sp³-hybridized carbons (Fsp3) is 0.684. The van der Waals surface area contributed by atoms with Gasteiger partial charge in [-0.25, -0.2) is 0 Å². The highest BCUT2D eigenvalue weighted by atomic mass is 16.5. The van der Waals surface area contributed by atoms with Crippen LogP contribution >= 0.6 is 0 Å². The van der Waals surface area contributed by atoms with Crippen LogP contribution in [0.5, 0.6) is 0 Å². The molecule has 2 aliphatic heterocycles. The van der Waals surface area contributed by atoms with Gasteiger partial charge < -0.3 is 19.7 Å². The van der Waals surface area contributed by atoms with Crippen molar-refractivity contribution in [3.63, 3.8) is 0 Å². The van der Waals surface area contributed by atoms with E-state index in [4.69, 9.17) is 9.47 Å². The molecule has 4 heteroatoms. The van der Waals surface area contributed by atoms with E-state index in [1.165, 1.54) is 17.7 Å². The average Bonchev–Trinajstić information content (AvgIpc) is 3.05.